The van der Waals surface area contributed by atoms with E-state index in [1.165, 1.54) is 5.56 Å². The monoisotopic (exact) mass is 326 g/mol. The Morgan fingerprint density at radius 1 is 1.25 bits per heavy atom. The first-order valence-electron chi connectivity index (χ1n) is 8.53. The maximum absolute atomic E-state index is 13.1. The minimum Gasteiger partial charge on any atom is -0.382 e. The molecule has 2 N–H and O–H groups in total. The summed E-state index contributed by atoms with van der Waals surface area (Å²) in [5.41, 5.74) is 0.354. The lowest BCUT2D eigenvalue weighted by Crippen LogP contribution is -2.51. The highest BCUT2D eigenvalue weighted by Crippen LogP contribution is 2.50. The van der Waals surface area contributed by atoms with Crippen molar-refractivity contribution >= 4 is 5.91 Å². The summed E-state index contributed by atoms with van der Waals surface area (Å²) in [6.45, 7) is 1.00. The number of likely N-dealkylation sites (tertiary alicyclic amines) is 1. The van der Waals surface area contributed by atoms with Gasteiger partial charge in [0.25, 0.3) is 0 Å². The van der Waals surface area contributed by atoms with Crippen LogP contribution >= 0.6 is 0 Å². The number of amides is 1. The van der Waals surface area contributed by atoms with Crippen LogP contribution in [0.5, 0.6) is 0 Å². The van der Waals surface area contributed by atoms with Crippen molar-refractivity contribution < 1.29 is 9.90 Å². The molecule has 2 heterocycles. The van der Waals surface area contributed by atoms with Crippen molar-refractivity contribution in [2.24, 2.45) is 5.41 Å². The van der Waals surface area contributed by atoms with Gasteiger partial charge in [0.2, 0.25) is 5.91 Å². The first kappa shape index (κ1) is 15.3. The summed E-state index contributed by atoms with van der Waals surface area (Å²) in [7, 11) is 0. The number of piperidine rings is 1. The molecule has 2 aliphatic rings. The van der Waals surface area contributed by atoms with Gasteiger partial charge in [0.1, 0.15) is 11.3 Å². The number of carbonyl (C=O) groups excluding carboxylic acids is 1. The molecule has 24 heavy (non-hydrogen) atoms. The lowest BCUT2D eigenvalue weighted by Gasteiger charge is -2.39. The molecule has 1 aromatic carbocycles. The molecular formula is C18H22N4O2. The number of carbonyl (C=O) groups is 1. The van der Waals surface area contributed by atoms with Crippen LogP contribution in [0.3, 0.4) is 0 Å². The van der Waals surface area contributed by atoms with Crippen molar-refractivity contribution in [1.82, 2.24) is 20.3 Å². The molecule has 126 valence electrons. The topological polar surface area (TPSA) is 82.1 Å². The number of benzene rings is 1. The highest BCUT2D eigenvalue weighted by molar-refractivity contribution is 5.86. The van der Waals surface area contributed by atoms with E-state index in [1.54, 1.807) is 6.20 Å². The SMILES string of the molecule is O=C(N1CCC[C@](O)(c2cn[nH]n2)C1)C1(Cc2ccccc2)CC1. The van der Waals surface area contributed by atoms with Crippen molar-refractivity contribution in [2.45, 2.75) is 37.7 Å². The maximum atomic E-state index is 13.1. The summed E-state index contributed by atoms with van der Waals surface area (Å²) in [5.74, 6) is 0.174. The first-order chi connectivity index (χ1) is 11.6. The fourth-order valence-electron chi connectivity index (χ4n) is 3.78. The molecule has 6 heteroatoms. The molecule has 1 saturated heterocycles. The zero-order valence-electron chi connectivity index (χ0n) is 13.6. The van der Waals surface area contributed by atoms with E-state index in [1.807, 2.05) is 23.1 Å². The minimum atomic E-state index is -1.09. The average Bonchev–Trinajstić information content (AvgIpc) is 3.15. The number of nitrogens with one attached hydrogen (secondary N) is 1. The van der Waals surface area contributed by atoms with Gasteiger partial charge in [0.15, 0.2) is 0 Å². The smallest absolute Gasteiger partial charge is 0.229 e. The highest BCUT2D eigenvalue weighted by Gasteiger charge is 2.53. The van der Waals surface area contributed by atoms with Crippen molar-refractivity contribution in [3.05, 3.63) is 47.8 Å². The Morgan fingerprint density at radius 3 is 2.71 bits per heavy atom. The van der Waals surface area contributed by atoms with E-state index in [0.717, 1.165) is 25.7 Å². The second kappa shape index (κ2) is 5.70. The molecule has 0 bridgehead atoms. The summed E-state index contributed by atoms with van der Waals surface area (Å²) in [5, 5.41) is 21.3. The number of aliphatic hydroxyl groups is 1. The molecule has 2 fully saturated rings. The van der Waals surface area contributed by atoms with Gasteiger partial charge >= 0.3 is 0 Å². The van der Waals surface area contributed by atoms with Crippen molar-refractivity contribution in [1.29, 1.82) is 0 Å². The minimum absolute atomic E-state index is 0.174. The zero-order valence-corrected chi connectivity index (χ0v) is 13.6. The second-order valence-corrected chi connectivity index (χ2v) is 7.16. The second-order valence-electron chi connectivity index (χ2n) is 7.16. The zero-order chi connectivity index (χ0) is 16.6. The first-order valence-corrected chi connectivity index (χ1v) is 8.53. The molecule has 1 aromatic heterocycles. The van der Waals surface area contributed by atoms with Crippen molar-refractivity contribution in [2.75, 3.05) is 13.1 Å². The Kier molecular flexibility index (Phi) is 3.64. The van der Waals surface area contributed by atoms with Gasteiger partial charge in [-0.05, 0) is 37.7 Å². The third kappa shape index (κ3) is 2.71. The Labute approximate surface area is 140 Å². The van der Waals surface area contributed by atoms with Crippen LogP contribution in [0.4, 0.5) is 0 Å². The molecule has 1 saturated carbocycles. The van der Waals surface area contributed by atoms with E-state index in [9.17, 15) is 9.90 Å². The summed E-state index contributed by atoms with van der Waals surface area (Å²) >= 11 is 0. The van der Waals surface area contributed by atoms with E-state index >= 15 is 0 Å². The number of aromatic nitrogens is 3. The van der Waals surface area contributed by atoms with Crippen LogP contribution in [-0.2, 0) is 16.8 Å². The average molecular weight is 326 g/mol. The number of rotatable bonds is 4. The van der Waals surface area contributed by atoms with Gasteiger partial charge in [-0.1, -0.05) is 30.3 Å². The largest absolute Gasteiger partial charge is 0.382 e. The number of hydrogen-bond donors (Lipinski definition) is 2. The van der Waals surface area contributed by atoms with Gasteiger partial charge in [0, 0.05) is 6.54 Å². The van der Waals surface area contributed by atoms with E-state index < -0.39 is 5.60 Å². The fraction of sp³-hybridized carbons (Fsp3) is 0.500. The molecule has 0 unspecified atom stereocenters. The van der Waals surface area contributed by atoms with E-state index in [-0.39, 0.29) is 11.3 Å². The molecule has 1 amide bonds. The molecule has 1 aliphatic carbocycles. The van der Waals surface area contributed by atoms with Gasteiger partial charge in [-0.25, -0.2) is 0 Å². The third-order valence-corrected chi connectivity index (χ3v) is 5.34. The Hall–Kier alpha value is -2.21. The number of aromatic amines is 1. The Bertz CT molecular complexity index is 712. The van der Waals surface area contributed by atoms with Crippen LogP contribution < -0.4 is 0 Å². The molecule has 0 spiro atoms. The molecule has 4 rings (SSSR count). The predicted octanol–water partition coefficient (Wildman–Crippen LogP) is 1.64. The van der Waals surface area contributed by atoms with Crippen molar-refractivity contribution in [3.63, 3.8) is 0 Å². The Morgan fingerprint density at radius 2 is 2.04 bits per heavy atom. The summed E-state index contributed by atoms with van der Waals surface area (Å²) in [4.78, 5) is 14.9. The van der Waals surface area contributed by atoms with Gasteiger partial charge < -0.3 is 10.0 Å². The summed E-state index contributed by atoms with van der Waals surface area (Å²) in [6, 6.07) is 10.2. The van der Waals surface area contributed by atoms with E-state index in [4.69, 9.17) is 0 Å². The number of hydrogen-bond acceptors (Lipinski definition) is 4. The summed E-state index contributed by atoms with van der Waals surface area (Å²) < 4.78 is 0. The molecule has 2 aromatic rings. The number of H-pyrrole nitrogens is 1. The van der Waals surface area contributed by atoms with Crippen LogP contribution in [0.15, 0.2) is 36.5 Å². The molecule has 1 aliphatic heterocycles. The van der Waals surface area contributed by atoms with Crippen LogP contribution in [0.2, 0.25) is 0 Å². The normalized spacial score (nSPS) is 25.5. The third-order valence-electron chi connectivity index (χ3n) is 5.34. The van der Waals surface area contributed by atoms with Gasteiger partial charge in [-0.2, -0.15) is 15.4 Å². The molecule has 0 radical (unpaired) electrons. The van der Waals surface area contributed by atoms with Gasteiger partial charge in [-0.3, -0.25) is 4.79 Å². The lowest BCUT2D eigenvalue weighted by atomic mass is 9.88. The van der Waals surface area contributed by atoms with Gasteiger partial charge in [0.05, 0.1) is 18.2 Å². The Balaban J connectivity index is 1.50. The van der Waals surface area contributed by atoms with Crippen molar-refractivity contribution in [3.8, 4) is 0 Å². The fourth-order valence-corrected chi connectivity index (χ4v) is 3.78. The molecule has 1 atom stereocenters. The summed E-state index contributed by atoms with van der Waals surface area (Å²) in [6.07, 6.45) is 5.57. The molecular weight excluding hydrogens is 304 g/mol. The number of nitrogens with zero attached hydrogens (tertiary/aromatic N) is 3. The maximum Gasteiger partial charge on any atom is 0.229 e. The van der Waals surface area contributed by atoms with Crippen LogP contribution in [0.1, 0.15) is 36.9 Å². The molecule has 6 nitrogen and oxygen atoms in total. The van der Waals surface area contributed by atoms with Crippen LogP contribution in [0, 0.1) is 5.41 Å². The predicted molar refractivity (Wildman–Crippen MR) is 87.9 cm³/mol. The lowest BCUT2D eigenvalue weighted by molar-refractivity contribution is -0.145. The highest BCUT2D eigenvalue weighted by atomic mass is 16.3. The van der Waals surface area contributed by atoms with Gasteiger partial charge in [-0.15, -0.1) is 0 Å². The quantitative estimate of drug-likeness (QED) is 0.895. The standard InChI is InChI=1S/C18H22N4O2/c23-16(17(8-9-17)11-14-5-2-1-3-6-14)22-10-4-7-18(24,13-22)15-12-19-21-20-15/h1-3,5-6,12,24H,4,7-11,13H2,(H,19,20,21)/t18-/m1/s1. The number of β-amino-alcohol motifs (C(OH)–C–C–N with tert-alkyl or cyclic N) is 1. The van der Waals surface area contributed by atoms with E-state index in [2.05, 4.69) is 27.5 Å². The van der Waals surface area contributed by atoms with E-state index in [0.29, 0.717) is 25.2 Å². The van der Waals surface area contributed by atoms with Crippen LogP contribution in [0.25, 0.3) is 0 Å². The van der Waals surface area contributed by atoms with Crippen LogP contribution in [-0.4, -0.2) is 44.4 Å².